The maximum Gasteiger partial charge on any atom is 0.241 e. The molecule has 1 aliphatic rings. The van der Waals surface area contributed by atoms with Crippen LogP contribution in [0.1, 0.15) is 38.2 Å². The smallest absolute Gasteiger partial charge is 0.241 e. The number of hydrogen-bond acceptors (Lipinski definition) is 4. The van der Waals surface area contributed by atoms with Crippen LogP contribution in [0.4, 0.5) is 5.69 Å². The van der Waals surface area contributed by atoms with E-state index in [0.29, 0.717) is 13.0 Å². The molecule has 1 fully saturated rings. The monoisotopic (exact) mass is 319 g/mol. The van der Waals surface area contributed by atoms with Gasteiger partial charge in [0, 0.05) is 12.2 Å². The molecule has 1 unspecified atom stereocenters. The van der Waals surface area contributed by atoms with Crippen LogP contribution in [0.15, 0.2) is 18.2 Å². The summed E-state index contributed by atoms with van der Waals surface area (Å²) in [6.07, 6.45) is 4.20. The topological polar surface area (TPSA) is 67.6 Å². The highest BCUT2D eigenvalue weighted by Gasteiger charge is 2.13. The van der Waals surface area contributed by atoms with E-state index in [4.69, 9.17) is 10.5 Å². The Bertz CT molecular complexity index is 513. The highest BCUT2D eigenvalue weighted by molar-refractivity contribution is 5.94. The lowest BCUT2D eigenvalue weighted by atomic mass is 10.1. The van der Waals surface area contributed by atoms with Gasteiger partial charge in [-0.2, -0.15) is 0 Å². The van der Waals surface area contributed by atoms with Gasteiger partial charge in [0.1, 0.15) is 12.4 Å². The molecule has 2 rings (SSSR count). The molecule has 1 amide bonds. The predicted molar refractivity (Wildman–Crippen MR) is 93.9 cm³/mol. The Kier molecular flexibility index (Phi) is 6.86. The number of likely N-dealkylation sites (tertiary alicyclic amines) is 1. The molecule has 0 radical (unpaired) electrons. The highest BCUT2D eigenvalue weighted by Crippen LogP contribution is 2.22. The number of carbonyl (C=O) groups excluding carboxylic acids is 1. The van der Waals surface area contributed by atoms with Crippen molar-refractivity contribution in [3.8, 4) is 5.75 Å². The molecule has 0 bridgehead atoms. The van der Waals surface area contributed by atoms with Crippen molar-refractivity contribution in [3.63, 3.8) is 0 Å². The number of rotatable bonds is 8. The highest BCUT2D eigenvalue weighted by atomic mass is 16.5. The number of nitrogens with two attached hydrogens (primary N) is 1. The molecule has 1 heterocycles. The summed E-state index contributed by atoms with van der Waals surface area (Å²) >= 11 is 0. The fraction of sp³-hybridized carbons (Fsp3) is 0.611. The van der Waals surface area contributed by atoms with Crippen LogP contribution in [-0.2, 0) is 4.79 Å². The molecule has 0 spiro atoms. The molecule has 1 aromatic rings. The molecular weight excluding hydrogens is 290 g/mol. The van der Waals surface area contributed by atoms with Crippen molar-refractivity contribution < 1.29 is 9.53 Å². The van der Waals surface area contributed by atoms with Gasteiger partial charge in [-0.3, -0.25) is 9.69 Å². The van der Waals surface area contributed by atoms with E-state index in [1.807, 2.05) is 32.0 Å². The van der Waals surface area contributed by atoms with E-state index in [9.17, 15) is 4.79 Å². The molecule has 3 N–H and O–H groups in total. The number of hydrogen-bond donors (Lipinski definition) is 2. The second-order valence-corrected chi connectivity index (χ2v) is 6.26. The first-order valence-electron chi connectivity index (χ1n) is 8.62. The van der Waals surface area contributed by atoms with Gasteiger partial charge < -0.3 is 15.8 Å². The lowest BCUT2D eigenvalue weighted by molar-refractivity contribution is -0.117. The molecule has 128 valence electrons. The molecule has 0 aromatic heterocycles. The van der Waals surface area contributed by atoms with Gasteiger partial charge in [0.05, 0.1) is 6.04 Å². The SMILES string of the molecule is CCCC(N)C(=O)Nc1ccc(OCCN2CCCC2)c(C)c1. The predicted octanol–water partition coefficient (Wildman–Crippen LogP) is 2.54. The summed E-state index contributed by atoms with van der Waals surface area (Å²) in [5, 5.41) is 2.87. The average Bonchev–Trinajstić information content (AvgIpc) is 3.03. The van der Waals surface area contributed by atoms with Crippen LogP contribution in [-0.4, -0.2) is 43.1 Å². The maximum atomic E-state index is 11.9. The van der Waals surface area contributed by atoms with Gasteiger partial charge in [-0.1, -0.05) is 13.3 Å². The zero-order chi connectivity index (χ0) is 16.7. The molecule has 1 aromatic carbocycles. The van der Waals surface area contributed by atoms with Crippen molar-refractivity contribution in [1.82, 2.24) is 4.90 Å². The van der Waals surface area contributed by atoms with Crippen LogP contribution in [0.3, 0.4) is 0 Å². The summed E-state index contributed by atoms with van der Waals surface area (Å²) in [5.74, 6) is 0.744. The van der Waals surface area contributed by atoms with Crippen LogP contribution in [0.25, 0.3) is 0 Å². The Morgan fingerprint density at radius 1 is 1.39 bits per heavy atom. The lowest BCUT2D eigenvalue weighted by Gasteiger charge is -2.16. The van der Waals surface area contributed by atoms with Crippen molar-refractivity contribution in [2.24, 2.45) is 5.73 Å². The van der Waals surface area contributed by atoms with Crippen LogP contribution in [0.5, 0.6) is 5.75 Å². The van der Waals surface area contributed by atoms with E-state index in [2.05, 4.69) is 10.2 Å². The summed E-state index contributed by atoms with van der Waals surface area (Å²) in [6, 6.07) is 5.27. The first-order valence-corrected chi connectivity index (χ1v) is 8.62. The van der Waals surface area contributed by atoms with Crippen molar-refractivity contribution in [3.05, 3.63) is 23.8 Å². The van der Waals surface area contributed by atoms with Crippen molar-refractivity contribution in [2.75, 3.05) is 31.6 Å². The molecule has 1 saturated heterocycles. The second kappa shape index (κ2) is 8.89. The molecule has 0 aliphatic carbocycles. The molecule has 1 atom stereocenters. The minimum atomic E-state index is -0.448. The van der Waals surface area contributed by atoms with E-state index in [0.717, 1.165) is 30.0 Å². The number of ether oxygens (including phenoxy) is 1. The summed E-state index contributed by atoms with van der Waals surface area (Å²) in [4.78, 5) is 14.4. The number of carbonyl (C=O) groups is 1. The standard InChI is InChI=1S/C18H29N3O2/c1-3-6-16(19)18(22)20-15-7-8-17(14(2)13-15)23-12-11-21-9-4-5-10-21/h7-8,13,16H,3-6,9-12,19H2,1-2H3,(H,20,22). The minimum absolute atomic E-state index is 0.131. The third kappa shape index (κ3) is 5.52. The van der Waals surface area contributed by atoms with E-state index < -0.39 is 6.04 Å². The zero-order valence-corrected chi connectivity index (χ0v) is 14.3. The number of benzene rings is 1. The van der Waals surface area contributed by atoms with Gasteiger partial charge in [-0.15, -0.1) is 0 Å². The van der Waals surface area contributed by atoms with Crippen molar-refractivity contribution in [2.45, 2.75) is 45.6 Å². The second-order valence-electron chi connectivity index (χ2n) is 6.26. The number of amides is 1. The fourth-order valence-corrected chi connectivity index (χ4v) is 2.86. The molecule has 1 aliphatic heterocycles. The number of nitrogens with one attached hydrogen (secondary N) is 1. The summed E-state index contributed by atoms with van der Waals surface area (Å²) < 4.78 is 5.87. The quantitative estimate of drug-likeness (QED) is 0.773. The first kappa shape index (κ1) is 17.8. The Hall–Kier alpha value is -1.59. The average molecular weight is 319 g/mol. The Labute approximate surface area is 139 Å². The van der Waals surface area contributed by atoms with Crippen LogP contribution >= 0.6 is 0 Å². The van der Waals surface area contributed by atoms with E-state index in [1.54, 1.807) is 0 Å². The lowest BCUT2D eigenvalue weighted by Crippen LogP contribution is -2.35. The molecule has 23 heavy (non-hydrogen) atoms. The molecular formula is C18H29N3O2. The summed E-state index contributed by atoms with van der Waals surface area (Å²) in [7, 11) is 0. The van der Waals surface area contributed by atoms with Gasteiger partial charge in [0.2, 0.25) is 5.91 Å². The van der Waals surface area contributed by atoms with Crippen molar-refractivity contribution >= 4 is 11.6 Å². The summed E-state index contributed by atoms with van der Waals surface area (Å²) in [5.41, 5.74) is 7.62. The number of anilines is 1. The minimum Gasteiger partial charge on any atom is -0.492 e. The van der Waals surface area contributed by atoms with Crippen LogP contribution < -0.4 is 15.8 Å². The van der Waals surface area contributed by atoms with Crippen LogP contribution in [0, 0.1) is 6.92 Å². The summed E-state index contributed by atoms with van der Waals surface area (Å²) in [6.45, 7) is 8.06. The van der Waals surface area contributed by atoms with Gasteiger partial charge in [-0.25, -0.2) is 0 Å². The van der Waals surface area contributed by atoms with E-state index in [1.165, 1.54) is 25.9 Å². The first-order chi connectivity index (χ1) is 11.1. The van der Waals surface area contributed by atoms with Gasteiger partial charge in [0.15, 0.2) is 0 Å². The zero-order valence-electron chi connectivity index (χ0n) is 14.3. The Morgan fingerprint density at radius 3 is 2.78 bits per heavy atom. The normalized spacial score (nSPS) is 16.3. The number of aryl methyl sites for hydroxylation is 1. The third-order valence-electron chi connectivity index (χ3n) is 4.24. The van der Waals surface area contributed by atoms with Crippen molar-refractivity contribution in [1.29, 1.82) is 0 Å². The van der Waals surface area contributed by atoms with Gasteiger partial charge >= 0.3 is 0 Å². The Morgan fingerprint density at radius 2 is 2.13 bits per heavy atom. The van der Waals surface area contributed by atoms with Gasteiger partial charge in [0.25, 0.3) is 0 Å². The largest absolute Gasteiger partial charge is 0.492 e. The fourth-order valence-electron chi connectivity index (χ4n) is 2.86. The molecule has 5 nitrogen and oxygen atoms in total. The van der Waals surface area contributed by atoms with Crippen LogP contribution in [0.2, 0.25) is 0 Å². The third-order valence-corrected chi connectivity index (χ3v) is 4.24. The maximum absolute atomic E-state index is 11.9. The van der Waals surface area contributed by atoms with Gasteiger partial charge in [-0.05, 0) is 63.0 Å². The van der Waals surface area contributed by atoms with E-state index >= 15 is 0 Å². The molecule has 0 saturated carbocycles. The number of nitrogens with zero attached hydrogens (tertiary/aromatic N) is 1. The Balaban J connectivity index is 1.83. The molecule has 5 heteroatoms. The van der Waals surface area contributed by atoms with E-state index in [-0.39, 0.29) is 5.91 Å².